The Morgan fingerprint density at radius 2 is 2.50 bits per heavy atom. The maximum atomic E-state index is 11.7. The maximum Gasteiger partial charge on any atom is 0.272 e. The van der Waals surface area contributed by atoms with E-state index in [0.717, 1.165) is 24.2 Å². The van der Waals surface area contributed by atoms with Gasteiger partial charge in [-0.2, -0.15) is 5.10 Å². The van der Waals surface area contributed by atoms with Gasteiger partial charge in [0, 0.05) is 37.3 Å². The Balaban J connectivity index is 2.08. The number of nitrogens with one attached hydrogen (secondary N) is 3. The van der Waals surface area contributed by atoms with Gasteiger partial charge in [0.1, 0.15) is 0 Å². The Morgan fingerprint density at radius 3 is 3.25 bits per heavy atom. The number of hydrogen-bond acceptors (Lipinski definition) is 4. The lowest BCUT2D eigenvalue weighted by atomic mass is 10.1. The van der Waals surface area contributed by atoms with Gasteiger partial charge < -0.3 is 15.7 Å². The Kier molecular flexibility index (Phi) is 3.21. The zero-order chi connectivity index (χ0) is 11.5. The van der Waals surface area contributed by atoms with Gasteiger partial charge >= 0.3 is 0 Å². The van der Waals surface area contributed by atoms with E-state index in [2.05, 4.69) is 20.8 Å². The van der Waals surface area contributed by atoms with Gasteiger partial charge in [-0.15, -0.1) is 0 Å². The number of aliphatic hydroxyl groups excluding tert-OH is 1. The highest BCUT2D eigenvalue weighted by Crippen LogP contribution is 2.14. The molecule has 1 atom stereocenters. The molecule has 6 nitrogen and oxygen atoms in total. The second kappa shape index (κ2) is 4.63. The molecule has 1 aliphatic heterocycles. The van der Waals surface area contributed by atoms with E-state index in [0.29, 0.717) is 12.2 Å². The number of H-pyrrole nitrogens is 1. The third-order valence-electron chi connectivity index (χ3n) is 2.58. The van der Waals surface area contributed by atoms with E-state index in [1.54, 1.807) is 6.92 Å². The van der Waals surface area contributed by atoms with Crippen molar-refractivity contribution in [1.29, 1.82) is 0 Å². The van der Waals surface area contributed by atoms with Gasteiger partial charge in [0.2, 0.25) is 0 Å². The van der Waals surface area contributed by atoms with Crippen molar-refractivity contribution >= 4 is 5.91 Å². The van der Waals surface area contributed by atoms with Crippen molar-refractivity contribution in [2.75, 3.05) is 13.1 Å². The standard InChI is InChI=1S/C10H16N4O2/c1-6(15)4-12-10(16)9-7-5-11-3-2-8(7)13-14-9/h6,11,15H,2-5H2,1H3,(H,12,16)(H,13,14). The number of rotatable bonds is 3. The Morgan fingerprint density at radius 1 is 1.69 bits per heavy atom. The van der Waals surface area contributed by atoms with Crippen LogP contribution in [-0.2, 0) is 13.0 Å². The van der Waals surface area contributed by atoms with Crippen molar-refractivity contribution in [3.05, 3.63) is 17.0 Å². The minimum atomic E-state index is -0.545. The van der Waals surface area contributed by atoms with E-state index in [1.807, 2.05) is 0 Å². The number of aliphatic hydroxyl groups is 1. The molecule has 1 amide bonds. The van der Waals surface area contributed by atoms with Crippen molar-refractivity contribution in [3.63, 3.8) is 0 Å². The molecule has 1 unspecified atom stereocenters. The second-order valence-corrected chi connectivity index (χ2v) is 4.02. The fourth-order valence-electron chi connectivity index (χ4n) is 1.74. The number of nitrogens with zero attached hydrogens (tertiary/aromatic N) is 1. The molecule has 1 aromatic rings. The summed E-state index contributed by atoms with van der Waals surface area (Å²) < 4.78 is 0. The van der Waals surface area contributed by atoms with Gasteiger partial charge in [-0.3, -0.25) is 9.89 Å². The second-order valence-electron chi connectivity index (χ2n) is 4.02. The van der Waals surface area contributed by atoms with Crippen LogP contribution < -0.4 is 10.6 Å². The van der Waals surface area contributed by atoms with Crippen LogP contribution in [0.2, 0.25) is 0 Å². The lowest BCUT2D eigenvalue weighted by molar-refractivity contribution is 0.0918. The largest absolute Gasteiger partial charge is 0.392 e. The fourth-order valence-corrected chi connectivity index (χ4v) is 1.74. The number of aromatic nitrogens is 2. The molecule has 0 bridgehead atoms. The summed E-state index contributed by atoms with van der Waals surface area (Å²) in [6.45, 7) is 3.45. The van der Waals surface area contributed by atoms with Gasteiger partial charge in [-0.05, 0) is 6.92 Å². The molecule has 2 heterocycles. The summed E-state index contributed by atoms with van der Waals surface area (Å²) >= 11 is 0. The topological polar surface area (TPSA) is 90.0 Å². The van der Waals surface area contributed by atoms with Crippen molar-refractivity contribution in [3.8, 4) is 0 Å². The van der Waals surface area contributed by atoms with Crippen LogP contribution >= 0.6 is 0 Å². The van der Waals surface area contributed by atoms with E-state index in [1.165, 1.54) is 0 Å². The molecule has 0 aliphatic carbocycles. The first-order valence-electron chi connectivity index (χ1n) is 5.41. The highest BCUT2D eigenvalue weighted by Gasteiger charge is 2.21. The number of amides is 1. The van der Waals surface area contributed by atoms with Crippen LogP contribution in [0.4, 0.5) is 0 Å². The minimum Gasteiger partial charge on any atom is -0.392 e. The molecule has 4 N–H and O–H groups in total. The van der Waals surface area contributed by atoms with Crippen molar-refractivity contribution in [2.24, 2.45) is 0 Å². The lowest BCUT2D eigenvalue weighted by Gasteiger charge is -2.13. The summed E-state index contributed by atoms with van der Waals surface area (Å²) in [5, 5.41) is 21.8. The molecule has 2 rings (SSSR count). The lowest BCUT2D eigenvalue weighted by Crippen LogP contribution is -2.32. The van der Waals surface area contributed by atoms with Gasteiger partial charge in [0.05, 0.1) is 6.10 Å². The smallest absolute Gasteiger partial charge is 0.272 e. The number of aromatic amines is 1. The summed E-state index contributed by atoms with van der Waals surface area (Å²) in [6, 6.07) is 0. The molecular formula is C10H16N4O2. The molecule has 1 aromatic heterocycles. The third-order valence-corrected chi connectivity index (χ3v) is 2.58. The zero-order valence-corrected chi connectivity index (χ0v) is 9.21. The number of fused-ring (bicyclic) bond motifs is 1. The normalized spacial score (nSPS) is 16.6. The molecule has 1 aliphatic rings. The summed E-state index contributed by atoms with van der Waals surface area (Å²) in [5.41, 5.74) is 2.40. The minimum absolute atomic E-state index is 0.234. The van der Waals surface area contributed by atoms with Crippen molar-refractivity contribution < 1.29 is 9.90 Å². The number of carbonyl (C=O) groups excluding carboxylic acids is 1. The van der Waals surface area contributed by atoms with Crippen LogP contribution in [-0.4, -0.2) is 40.4 Å². The fraction of sp³-hybridized carbons (Fsp3) is 0.600. The van der Waals surface area contributed by atoms with Crippen molar-refractivity contribution in [1.82, 2.24) is 20.8 Å². The van der Waals surface area contributed by atoms with E-state index in [-0.39, 0.29) is 12.5 Å². The molecule has 0 fully saturated rings. The molecule has 0 saturated carbocycles. The van der Waals surface area contributed by atoms with Gasteiger partial charge in [-0.1, -0.05) is 0 Å². The molecule has 0 aromatic carbocycles. The van der Waals surface area contributed by atoms with Crippen LogP contribution in [0.3, 0.4) is 0 Å². The van der Waals surface area contributed by atoms with E-state index < -0.39 is 6.10 Å². The van der Waals surface area contributed by atoms with Crippen molar-refractivity contribution in [2.45, 2.75) is 26.0 Å². The molecule has 0 spiro atoms. The van der Waals surface area contributed by atoms with Gasteiger partial charge in [-0.25, -0.2) is 0 Å². The summed E-state index contributed by atoms with van der Waals surface area (Å²) in [7, 11) is 0. The Hall–Kier alpha value is -1.40. The van der Waals surface area contributed by atoms with Crippen LogP contribution in [0.15, 0.2) is 0 Å². The first kappa shape index (κ1) is 11.1. The van der Waals surface area contributed by atoms with Crippen LogP contribution in [0, 0.1) is 0 Å². The first-order valence-corrected chi connectivity index (χ1v) is 5.41. The summed E-state index contributed by atoms with van der Waals surface area (Å²) in [5.74, 6) is -0.234. The van der Waals surface area contributed by atoms with Gasteiger partial charge in [0.25, 0.3) is 5.91 Å². The molecule has 88 valence electrons. The predicted molar refractivity (Wildman–Crippen MR) is 58.0 cm³/mol. The summed E-state index contributed by atoms with van der Waals surface area (Å²) in [6.07, 6.45) is 0.322. The average molecular weight is 224 g/mol. The molecule has 16 heavy (non-hydrogen) atoms. The Labute approximate surface area is 93.4 Å². The van der Waals surface area contributed by atoms with Crippen LogP contribution in [0.25, 0.3) is 0 Å². The quantitative estimate of drug-likeness (QED) is 0.539. The molecular weight excluding hydrogens is 208 g/mol. The highest BCUT2D eigenvalue weighted by molar-refractivity contribution is 5.94. The molecule has 6 heteroatoms. The van der Waals surface area contributed by atoms with Crippen LogP contribution in [0.5, 0.6) is 0 Å². The SMILES string of the molecule is CC(O)CNC(=O)c1n[nH]c2c1CNCC2. The third kappa shape index (κ3) is 2.23. The summed E-state index contributed by atoms with van der Waals surface area (Å²) in [4.78, 5) is 11.7. The van der Waals surface area contributed by atoms with E-state index in [9.17, 15) is 4.79 Å². The maximum absolute atomic E-state index is 11.7. The Bertz CT molecular complexity index is 386. The number of hydrogen-bond donors (Lipinski definition) is 4. The number of carbonyl (C=O) groups is 1. The monoisotopic (exact) mass is 224 g/mol. The highest BCUT2D eigenvalue weighted by atomic mass is 16.3. The first-order chi connectivity index (χ1) is 7.68. The zero-order valence-electron chi connectivity index (χ0n) is 9.21. The van der Waals surface area contributed by atoms with Crippen LogP contribution in [0.1, 0.15) is 28.7 Å². The molecule has 0 saturated heterocycles. The van der Waals surface area contributed by atoms with E-state index >= 15 is 0 Å². The molecule has 0 radical (unpaired) electrons. The van der Waals surface area contributed by atoms with E-state index in [4.69, 9.17) is 5.11 Å². The average Bonchev–Trinajstić information content (AvgIpc) is 2.69. The predicted octanol–water partition coefficient (Wildman–Crippen LogP) is -0.834. The van der Waals surface area contributed by atoms with Gasteiger partial charge in [0.15, 0.2) is 5.69 Å².